The minimum Gasteiger partial charge on any atom is -0.481 e. The summed E-state index contributed by atoms with van der Waals surface area (Å²) in [5.74, 6) is -3.64. The second kappa shape index (κ2) is 12.0. The Morgan fingerprint density at radius 3 is 2.05 bits per heavy atom. The molecule has 0 radical (unpaired) electrons. The number of benzene rings is 1. The highest BCUT2D eigenvalue weighted by atomic mass is 35.5. The van der Waals surface area contributed by atoms with E-state index in [1.807, 2.05) is 0 Å². The summed E-state index contributed by atoms with van der Waals surface area (Å²) in [6.07, 6.45) is -1.61. The predicted octanol–water partition coefficient (Wildman–Crippen LogP) is 5.97. The quantitative estimate of drug-likeness (QED) is 0.129. The number of fused-ring (bicyclic) bond motifs is 3. The molecule has 0 unspecified atom stereocenters. The van der Waals surface area contributed by atoms with Crippen molar-refractivity contribution >= 4 is 47.1 Å². The van der Waals surface area contributed by atoms with Crippen LogP contribution in [0.2, 0.25) is 10.0 Å². The molecule has 3 fully saturated rings. The number of ketones is 1. The van der Waals surface area contributed by atoms with Crippen LogP contribution in [-0.4, -0.2) is 57.1 Å². The number of aliphatic carboxylic acids is 1. The SMILES string of the molecule is N=C/C(C(=O)N(CC(=O)c1c(Cl)cncc1Cl)Cc1ccc(F)cc1)=C(\NC12CCC(C(=O)O)(CC1)CC2)C(F)(F)F. The van der Waals surface area contributed by atoms with E-state index in [1.165, 1.54) is 12.1 Å². The van der Waals surface area contributed by atoms with Crippen molar-refractivity contribution in [3.8, 4) is 0 Å². The van der Waals surface area contributed by atoms with Crippen molar-refractivity contribution in [1.82, 2.24) is 15.2 Å². The number of carboxylic acid groups (broad SMARTS) is 1. The van der Waals surface area contributed by atoms with E-state index in [0.29, 0.717) is 5.56 Å². The summed E-state index contributed by atoms with van der Waals surface area (Å²) in [5.41, 5.74) is -4.48. The van der Waals surface area contributed by atoms with Gasteiger partial charge in [0.1, 0.15) is 11.5 Å². The minimum absolute atomic E-state index is 0.131. The third-order valence-corrected chi connectivity index (χ3v) is 8.63. The zero-order chi connectivity index (χ0) is 30.9. The van der Waals surface area contributed by atoms with Gasteiger partial charge >= 0.3 is 12.1 Å². The van der Waals surface area contributed by atoms with Crippen LogP contribution in [0.15, 0.2) is 47.9 Å². The molecule has 2 aromatic rings. The fourth-order valence-corrected chi connectivity index (χ4v) is 6.18. The van der Waals surface area contributed by atoms with Gasteiger partial charge in [-0.2, -0.15) is 13.2 Å². The Labute approximate surface area is 248 Å². The van der Waals surface area contributed by atoms with Crippen LogP contribution in [0.3, 0.4) is 0 Å². The van der Waals surface area contributed by atoms with Crippen molar-refractivity contribution in [2.24, 2.45) is 5.41 Å². The van der Waals surface area contributed by atoms with Gasteiger partial charge in [-0.05, 0) is 56.2 Å². The number of Topliss-reactive ketones (excluding diaryl/α,β-unsaturated/α-hetero) is 1. The van der Waals surface area contributed by atoms with Gasteiger partial charge in [0, 0.05) is 30.7 Å². The molecule has 14 heteroatoms. The first-order valence-electron chi connectivity index (χ1n) is 12.9. The molecule has 3 aliphatic rings. The largest absolute Gasteiger partial charge is 0.481 e. The average molecular weight is 629 g/mol. The van der Waals surface area contributed by atoms with E-state index in [4.69, 9.17) is 28.6 Å². The Bertz CT molecular complexity index is 1400. The Morgan fingerprint density at radius 2 is 1.57 bits per heavy atom. The number of hydrogen-bond acceptors (Lipinski definition) is 6. The van der Waals surface area contributed by atoms with Crippen LogP contribution < -0.4 is 5.32 Å². The number of carbonyl (C=O) groups is 3. The molecule has 1 aromatic heterocycles. The highest BCUT2D eigenvalue weighted by Gasteiger charge is 2.54. The number of amides is 1. The highest BCUT2D eigenvalue weighted by molar-refractivity contribution is 6.39. The fraction of sp³-hybridized carbons (Fsp3) is 0.393. The fourth-order valence-electron chi connectivity index (χ4n) is 5.60. The summed E-state index contributed by atoms with van der Waals surface area (Å²) >= 11 is 12.2. The Balaban J connectivity index is 1.72. The number of alkyl halides is 3. The Morgan fingerprint density at radius 1 is 1.02 bits per heavy atom. The van der Waals surface area contributed by atoms with Crippen molar-refractivity contribution in [1.29, 1.82) is 5.41 Å². The summed E-state index contributed by atoms with van der Waals surface area (Å²) in [6.45, 7) is -1.17. The number of carbonyl (C=O) groups excluding carboxylic acids is 2. The molecule has 0 saturated heterocycles. The smallest absolute Gasteiger partial charge is 0.431 e. The van der Waals surface area contributed by atoms with Gasteiger partial charge < -0.3 is 20.7 Å². The van der Waals surface area contributed by atoms with Crippen molar-refractivity contribution in [2.45, 2.75) is 56.8 Å². The number of nitrogens with one attached hydrogen (secondary N) is 2. The van der Waals surface area contributed by atoms with Gasteiger partial charge in [0.25, 0.3) is 5.91 Å². The monoisotopic (exact) mass is 628 g/mol. The molecule has 3 saturated carbocycles. The maximum atomic E-state index is 14.5. The summed E-state index contributed by atoms with van der Waals surface area (Å²) in [6, 6.07) is 4.80. The molecule has 1 amide bonds. The number of rotatable bonds is 10. The second-order valence-corrected chi connectivity index (χ2v) is 11.4. The molecule has 3 aliphatic carbocycles. The topological polar surface area (TPSA) is 123 Å². The van der Waals surface area contributed by atoms with Crippen LogP contribution in [0.5, 0.6) is 0 Å². The predicted molar refractivity (Wildman–Crippen MR) is 146 cm³/mol. The molecule has 42 heavy (non-hydrogen) atoms. The van der Waals surface area contributed by atoms with Crippen molar-refractivity contribution in [2.75, 3.05) is 6.54 Å². The number of pyridine rings is 1. The van der Waals surface area contributed by atoms with Gasteiger partial charge in [-0.15, -0.1) is 0 Å². The zero-order valence-corrected chi connectivity index (χ0v) is 23.5. The van der Waals surface area contributed by atoms with Gasteiger partial charge in [0.15, 0.2) is 5.78 Å². The molecule has 3 N–H and O–H groups in total. The third kappa shape index (κ3) is 6.44. The van der Waals surface area contributed by atoms with Crippen LogP contribution >= 0.6 is 23.2 Å². The van der Waals surface area contributed by atoms with Crippen molar-refractivity contribution in [3.05, 3.63) is 74.9 Å². The van der Waals surface area contributed by atoms with Gasteiger partial charge in [0.05, 0.1) is 33.1 Å². The van der Waals surface area contributed by atoms with Crippen LogP contribution in [0.1, 0.15) is 54.4 Å². The molecule has 0 spiro atoms. The molecular weight excluding hydrogens is 603 g/mol. The summed E-state index contributed by atoms with van der Waals surface area (Å²) < 4.78 is 57.1. The van der Waals surface area contributed by atoms with Gasteiger partial charge in [0.2, 0.25) is 0 Å². The van der Waals surface area contributed by atoms with E-state index in [0.717, 1.165) is 29.4 Å². The molecule has 224 valence electrons. The van der Waals surface area contributed by atoms with E-state index < -0.39 is 65.0 Å². The number of allylic oxidation sites excluding steroid dienone is 1. The van der Waals surface area contributed by atoms with Gasteiger partial charge in [-0.3, -0.25) is 19.4 Å². The van der Waals surface area contributed by atoms with E-state index >= 15 is 0 Å². The zero-order valence-electron chi connectivity index (χ0n) is 22.0. The van der Waals surface area contributed by atoms with Crippen molar-refractivity contribution < 1.29 is 37.1 Å². The van der Waals surface area contributed by atoms with E-state index in [-0.39, 0.29) is 60.3 Å². The summed E-state index contributed by atoms with van der Waals surface area (Å²) in [7, 11) is 0. The first kappa shape index (κ1) is 31.4. The number of nitrogens with zero attached hydrogens (tertiary/aromatic N) is 2. The number of hydrogen-bond donors (Lipinski definition) is 3. The van der Waals surface area contributed by atoms with E-state index in [1.54, 1.807) is 0 Å². The number of aromatic nitrogens is 1. The van der Waals surface area contributed by atoms with Gasteiger partial charge in [-0.25, -0.2) is 4.39 Å². The first-order chi connectivity index (χ1) is 19.7. The maximum Gasteiger partial charge on any atom is 0.431 e. The van der Waals surface area contributed by atoms with Crippen LogP contribution in [-0.2, 0) is 16.1 Å². The third-order valence-electron chi connectivity index (χ3n) is 8.06. The molecule has 0 aliphatic heterocycles. The van der Waals surface area contributed by atoms with Gasteiger partial charge in [-0.1, -0.05) is 35.3 Å². The normalized spacial score (nSPS) is 22.2. The number of carboxylic acids is 1. The minimum atomic E-state index is -5.10. The molecule has 8 nitrogen and oxygen atoms in total. The molecule has 2 bridgehead atoms. The molecule has 1 heterocycles. The second-order valence-electron chi connectivity index (χ2n) is 10.6. The highest BCUT2D eigenvalue weighted by Crippen LogP contribution is 2.53. The van der Waals surface area contributed by atoms with Crippen LogP contribution in [0.4, 0.5) is 17.6 Å². The molecule has 5 rings (SSSR count). The van der Waals surface area contributed by atoms with Crippen molar-refractivity contribution in [3.63, 3.8) is 0 Å². The standard InChI is InChI=1S/C28H26Cl2F4N4O4/c29-19-12-36-13-20(30)22(19)21(39)15-38(14-16-1-3-17(31)4-2-16)24(40)18(11-35)23(28(32,33)34)37-27-8-5-26(6-9-27,7-10-27)25(41)42/h1-4,11-13,35,37H,5-10,14-15H2,(H,41,42)/b23-18+,35-11?. The molecular formula is C28H26Cl2F4N4O4. The lowest BCUT2D eigenvalue weighted by Gasteiger charge is -2.52. The van der Waals surface area contributed by atoms with Crippen LogP contribution in [0.25, 0.3) is 0 Å². The average Bonchev–Trinajstić information content (AvgIpc) is 2.94. The number of halogens is 6. The van der Waals surface area contributed by atoms with E-state index in [9.17, 15) is 37.1 Å². The summed E-state index contributed by atoms with van der Waals surface area (Å²) in [5, 5.41) is 19.7. The lowest BCUT2D eigenvalue weighted by molar-refractivity contribution is -0.157. The molecule has 1 aromatic carbocycles. The Kier molecular flexibility index (Phi) is 8.98. The first-order valence-corrected chi connectivity index (χ1v) is 13.7. The van der Waals surface area contributed by atoms with E-state index in [2.05, 4.69) is 10.3 Å². The summed E-state index contributed by atoms with van der Waals surface area (Å²) in [4.78, 5) is 43.3. The van der Waals surface area contributed by atoms with Crippen LogP contribution in [0, 0.1) is 16.6 Å². The Hall–Kier alpha value is -3.51. The maximum absolute atomic E-state index is 14.5. The molecule has 0 atom stereocenters. The lowest BCUT2D eigenvalue weighted by Crippen LogP contribution is -2.58. The lowest BCUT2D eigenvalue weighted by atomic mass is 9.57.